The van der Waals surface area contributed by atoms with Crippen molar-refractivity contribution in [1.82, 2.24) is 0 Å². The Bertz CT molecular complexity index is 782. The van der Waals surface area contributed by atoms with Crippen molar-refractivity contribution in [3.63, 3.8) is 0 Å². The van der Waals surface area contributed by atoms with Gasteiger partial charge in [0.05, 0.1) is 0 Å². The van der Waals surface area contributed by atoms with Gasteiger partial charge in [0.25, 0.3) is 0 Å². The van der Waals surface area contributed by atoms with Crippen LogP contribution in [0.15, 0.2) is 42.5 Å². The van der Waals surface area contributed by atoms with Gasteiger partial charge in [0, 0.05) is 15.6 Å². The van der Waals surface area contributed by atoms with Gasteiger partial charge in [-0.3, -0.25) is 0 Å². The Morgan fingerprint density at radius 2 is 1.50 bits per heavy atom. The minimum Gasteiger partial charge on any atom is -0.508 e. The molecule has 0 unspecified atom stereocenters. The molecule has 2 aromatic carbocycles. The molecular formula is C16H12O3S. The lowest BCUT2D eigenvalue weighted by atomic mass is 10.2. The van der Waals surface area contributed by atoms with Gasteiger partial charge in [-0.15, -0.1) is 11.3 Å². The number of thiophene rings is 1. The molecule has 20 heavy (non-hydrogen) atoms. The van der Waals surface area contributed by atoms with E-state index in [1.807, 2.05) is 24.3 Å². The van der Waals surface area contributed by atoms with Crippen LogP contribution in [0.2, 0.25) is 0 Å². The van der Waals surface area contributed by atoms with E-state index in [0.717, 1.165) is 20.5 Å². The molecule has 0 atom stereocenters. The molecule has 0 fully saturated rings. The third-order valence-electron chi connectivity index (χ3n) is 2.89. The molecule has 0 saturated heterocycles. The topological polar surface area (TPSA) is 60.7 Å². The molecule has 3 rings (SSSR count). The Labute approximate surface area is 119 Å². The van der Waals surface area contributed by atoms with Gasteiger partial charge in [-0.05, 0) is 53.4 Å². The summed E-state index contributed by atoms with van der Waals surface area (Å²) in [5, 5.41) is 29.4. The monoisotopic (exact) mass is 284 g/mol. The van der Waals surface area contributed by atoms with E-state index < -0.39 is 0 Å². The predicted octanol–water partition coefficient (Wildman–Crippen LogP) is 4.19. The number of hydrogen-bond donors (Lipinski definition) is 3. The minimum absolute atomic E-state index is 0.0333. The van der Waals surface area contributed by atoms with Gasteiger partial charge in [0.15, 0.2) is 0 Å². The van der Waals surface area contributed by atoms with Crippen LogP contribution in [0.3, 0.4) is 0 Å². The zero-order valence-electron chi connectivity index (χ0n) is 10.4. The minimum atomic E-state index is 0.0333. The first kappa shape index (κ1) is 12.6. The number of phenols is 3. The van der Waals surface area contributed by atoms with Crippen molar-refractivity contribution >= 4 is 33.6 Å². The van der Waals surface area contributed by atoms with Gasteiger partial charge in [-0.1, -0.05) is 6.08 Å². The lowest BCUT2D eigenvalue weighted by Gasteiger charge is -1.97. The maximum Gasteiger partial charge on any atom is 0.119 e. The fourth-order valence-electron chi connectivity index (χ4n) is 2.02. The molecule has 100 valence electrons. The summed E-state index contributed by atoms with van der Waals surface area (Å²) in [6, 6.07) is 11.7. The van der Waals surface area contributed by atoms with E-state index in [9.17, 15) is 15.3 Å². The number of aromatic hydroxyl groups is 3. The smallest absolute Gasteiger partial charge is 0.119 e. The van der Waals surface area contributed by atoms with E-state index >= 15 is 0 Å². The van der Waals surface area contributed by atoms with E-state index in [1.54, 1.807) is 35.6 Å². The van der Waals surface area contributed by atoms with E-state index in [4.69, 9.17) is 0 Å². The lowest BCUT2D eigenvalue weighted by Crippen LogP contribution is -1.72. The number of phenolic OH excluding ortho intramolecular Hbond substituents is 3. The fraction of sp³-hybridized carbons (Fsp3) is 0. The van der Waals surface area contributed by atoms with Gasteiger partial charge in [-0.25, -0.2) is 0 Å². The van der Waals surface area contributed by atoms with Crippen molar-refractivity contribution in [2.24, 2.45) is 0 Å². The van der Waals surface area contributed by atoms with Crippen LogP contribution < -0.4 is 0 Å². The maximum absolute atomic E-state index is 9.44. The molecule has 1 aromatic heterocycles. The summed E-state index contributed by atoms with van der Waals surface area (Å²) < 4.78 is 1.02. The van der Waals surface area contributed by atoms with Crippen molar-refractivity contribution < 1.29 is 15.3 Å². The van der Waals surface area contributed by atoms with E-state index in [-0.39, 0.29) is 17.2 Å². The SMILES string of the molecule is Oc1cc(O)cc(/C=C/c2cc3ccc(O)cc3s2)c1. The number of benzene rings is 2. The first-order valence-corrected chi connectivity index (χ1v) is 6.85. The van der Waals surface area contributed by atoms with Crippen LogP contribution in [-0.4, -0.2) is 15.3 Å². The summed E-state index contributed by atoms with van der Waals surface area (Å²) in [4.78, 5) is 1.04. The molecule has 0 bridgehead atoms. The van der Waals surface area contributed by atoms with Crippen molar-refractivity contribution in [2.75, 3.05) is 0 Å². The van der Waals surface area contributed by atoms with Crippen LogP contribution in [0.1, 0.15) is 10.4 Å². The van der Waals surface area contributed by atoms with Gasteiger partial charge in [0.1, 0.15) is 17.2 Å². The molecule has 3 aromatic rings. The zero-order chi connectivity index (χ0) is 14.1. The Balaban J connectivity index is 1.93. The summed E-state index contributed by atoms with van der Waals surface area (Å²) >= 11 is 1.57. The summed E-state index contributed by atoms with van der Waals surface area (Å²) in [6.45, 7) is 0. The van der Waals surface area contributed by atoms with E-state index in [0.29, 0.717) is 0 Å². The second kappa shape index (κ2) is 4.90. The summed E-state index contributed by atoms with van der Waals surface area (Å²) in [5.74, 6) is 0.324. The van der Waals surface area contributed by atoms with Crippen LogP contribution in [0.4, 0.5) is 0 Å². The first-order chi connectivity index (χ1) is 9.60. The molecule has 0 aliphatic rings. The fourth-order valence-corrected chi connectivity index (χ4v) is 3.02. The van der Waals surface area contributed by atoms with Crippen molar-refractivity contribution in [2.45, 2.75) is 0 Å². The molecule has 3 nitrogen and oxygen atoms in total. The normalized spacial score (nSPS) is 11.4. The molecule has 0 spiro atoms. The Hall–Kier alpha value is -2.46. The molecule has 0 amide bonds. The molecular weight excluding hydrogens is 272 g/mol. The molecule has 0 radical (unpaired) electrons. The van der Waals surface area contributed by atoms with Gasteiger partial charge < -0.3 is 15.3 Å². The zero-order valence-corrected chi connectivity index (χ0v) is 11.3. The quantitative estimate of drug-likeness (QED) is 0.661. The summed E-state index contributed by atoms with van der Waals surface area (Å²) in [5.41, 5.74) is 0.725. The molecule has 3 N–H and O–H groups in total. The highest BCUT2D eigenvalue weighted by Gasteiger charge is 2.01. The largest absolute Gasteiger partial charge is 0.508 e. The van der Waals surface area contributed by atoms with Gasteiger partial charge in [-0.2, -0.15) is 0 Å². The second-order valence-electron chi connectivity index (χ2n) is 4.49. The highest BCUT2D eigenvalue weighted by Crippen LogP contribution is 2.30. The first-order valence-electron chi connectivity index (χ1n) is 6.04. The van der Waals surface area contributed by atoms with Crippen molar-refractivity contribution in [3.8, 4) is 17.2 Å². The number of fused-ring (bicyclic) bond motifs is 1. The van der Waals surface area contributed by atoms with Crippen molar-refractivity contribution in [1.29, 1.82) is 0 Å². The second-order valence-corrected chi connectivity index (χ2v) is 5.60. The maximum atomic E-state index is 9.44. The van der Waals surface area contributed by atoms with Gasteiger partial charge in [0.2, 0.25) is 0 Å². The standard InChI is InChI=1S/C16H12O3S/c17-12-3-2-11-7-15(20-16(11)9-12)4-1-10-5-13(18)8-14(19)6-10/h1-9,17-19H/b4-1+. The predicted molar refractivity (Wildman–Crippen MR) is 82.2 cm³/mol. The summed E-state index contributed by atoms with van der Waals surface area (Å²) in [6.07, 6.45) is 3.74. The molecule has 0 saturated carbocycles. The average Bonchev–Trinajstić information content (AvgIpc) is 2.77. The Morgan fingerprint density at radius 1 is 0.750 bits per heavy atom. The van der Waals surface area contributed by atoms with Crippen LogP contribution in [-0.2, 0) is 0 Å². The van der Waals surface area contributed by atoms with Crippen LogP contribution in [0.5, 0.6) is 17.2 Å². The van der Waals surface area contributed by atoms with Crippen LogP contribution >= 0.6 is 11.3 Å². The third-order valence-corrected chi connectivity index (χ3v) is 3.95. The van der Waals surface area contributed by atoms with Crippen LogP contribution in [0, 0.1) is 0 Å². The van der Waals surface area contributed by atoms with E-state index in [1.165, 1.54) is 6.07 Å². The highest BCUT2D eigenvalue weighted by molar-refractivity contribution is 7.19. The number of rotatable bonds is 2. The molecule has 4 heteroatoms. The lowest BCUT2D eigenvalue weighted by molar-refractivity contribution is 0.450. The van der Waals surface area contributed by atoms with Crippen molar-refractivity contribution in [3.05, 3.63) is 52.9 Å². The molecule has 1 heterocycles. The Morgan fingerprint density at radius 3 is 2.25 bits per heavy atom. The third kappa shape index (κ3) is 2.60. The Kier molecular flexibility index (Phi) is 3.08. The highest BCUT2D eigenvalue weighted by atomic mass is 32.1. The van der Waals surface area contributed by atoms with Gasteiger partial charge >= 0.3 is 0 Å². The number of hydrogen-bond acceptors (Lipinski definition) is 4. The summed E-state index contributed by atoms with van der Waals surface area (Å²) in [7, 11) is 0. The van der Waals surface area contributed by atoms with E-state index in [2.05, 4.69) is 0 Å². The average molecular weight is 284 g/mol. The molecule has 0 aliphatic heterocycles. The van der Waals surface area contributed by atoms with Crippen LogP contribution in [0.25, 0.3) is 22.2 Å². The molecule has 0 aliphatic carbocycles.